The smallest absolute Gasteiger partial charge is 0.140 e. The van der Waals surface area contributed by atoms with E-state index >= 15 is 0 Å². The van der Waals surface area contributed by atoms with Crippen LogP contribution >= 0.6 is 0 Å². The molecule has 0 N–H and O–H groups in total. The molecule has 0 saturated heterocycles. The van der Waals surface area contributed by atoms with Crippen molar-refractivity contribution in [3.8, 4) is 56.0 Å². The standard InChI is InChI=1S/C58H34O/c1-3-15-39-35(13-1)25-29-45-43-19-7-11-23-49(43)58(55(39)45)50-24-12-8-20-44(50)46-33-37(27-30-51(46)58)38-28-32-54-53(34-38)57(52-31-26-36-14-2-4-16-40(36)56(52)59-54)47-21-9-5-17-41(47)42-18-6-10-22-48(42)57/h1-34H. The van der Waals surface area contributed by atoms with Crippen molar-refractivity contribution in [3.05, 3.63) is 251 Å². The van der Waals surface area contributed by atoms with Crippen LogP contribution in [0.2, 0.25) is 0 Å². The molecule has 3 aliphatic carbocycles. The molecule has 0 bridgehead atoms. The zero-order valence-corrected chi connectivity index (χ0v) is 32.0. The number of rotatable bonds is 1. The van der Waals surface area contributed by atoms with Gasteiger partial charge in [0, 0.05) is 16.5 Å². The van der Waals surface area contributed by atoms with Crippen molar-refractivity contribution in [1.29, 1.82) is 0 Å². The lowest BCUT2D eigenvalue weighted by Crippen LogP contribution is -2.32. The van der Waals surface area contributed by atoms with Gasteiger partial charge in [0.05, 0.1) is 10.8 Å². The molecular formula is C58H34O. The third-order valence-corrected chi connectivity index (χ3v) is 14.1. The Morgan fingerprint density at radius 2 is 0.763 bits per heavy atom. The number of hydrogen-bond acceptors (Lipinski definition) is 1. The first-order valence-electron chi connectivity index (χ1n) is 20.7. The normalized spacial score (nSPS) is 16.5. The molecule has 2 spiro atoms. The second kappa shape index (κ2) is 11.1. The number of benzene rings is 10. The summed E-state index contributed by atoms with van der Waals surface area (Å²) < 4.78 is 7.08. The first kappa shape index (κ1) is 31.6. The Hall–Kier alpha value is -7.48. The minimum Gasteiger partial charge on any atom is -0.456 e. The fraction of sp³-hybridized carbons (Fsp3) is 0.0345. The molecule has 1 atom stereocenters. The maximum Gasteiger partial charge on any atom is 0.140 e. The second-order valence-electron chi connectivity index (χ2n) is 16.6. The van der Waals surface area contributed by atoms with Gasteiger partial charge in [-0.1, -0.05) is 188 Å². The molecule has 10 aromatic carbocycles. The van der Waals surface area contributed by atoms with Crippen LogP contribution in [0.4, 0.5) is 0 Å². The zero-order chi connectivity index (χ0) is 38.5. The summed E-state index contributed by atoms with van der Waals surface area (Å²) in [4.78, 5) is 0. The highest BCUT2D eigenvalue weighted by Gasteiger charge is 2.53. The van der Waals surface area contributed by atoms with Crippen LogP contribution in [-0.4, -0.2) is 0 Å². The molecule has 1 nitrogen and oxygen atoms in total. The minimum absolute atomic E-state index is 0.422. The molecule has 0 amide bonds. The Labute approximate surface area is 342 Å². The monoisotopic (exact) mass is 746 g/mol. The number of fused-ring (bicyclic) bond motifs is 23. The van der Waals surface area contributed by atoms with Gasteiger partial charge in [-0.15, -0.1) is 0 Å². The van der Waals surface area contributed by atoms with E-state index in [1.807, 2.05) is 0 Å². The lowest BCUT2D eigenvalue weighted by Gasteiger charge is -2.40. The third-order valence-electron chi connectivity index (χ3n) is 14.1. The van der Waals surface area contributed by atoms with Gasteiger partial charge in [-0.25, -0.2) is 0 Å². The van der Waals surface area contributed by atoms with E-state index in [1.165, 1.54) is 105 Å². The van der Waals surface area contributed by atoms with E-state index in [4.69, 9.17) is 4.74 Å². The van der Waals surface area contributed by atoms with Gasteiger partial charge in [-0.2, -0.15) is 0 Å². The quantitative estimate of drug-likeness (QED) is 0.163. The molecule has 0 radical (unpaired) electrons. The van der Waals surface area contributed by atoms with Gasteiger partial charge in [0.25, 0.3) is 0 Å². The molecule has 0 saturated carbocycles. The summed E-state index contributed by atoms with van der Waals surface area (Å²) >= 11 is 0. The van der Waals surface area contributed by atoms with Gasteiger partial charge in [-0.05, 0) is 112 Å². The highest BCUT2D eigenvalue weighted by Crippen LogP contribution is 2.66. The molecule has 272 valence electrons. The summed E-state index contributed by atoms with van der Waals surface area (Å²) in [7, 11) is 0. The van der Waals surface area contributed by atoms with Gasteiger partial charge in [0.2, 0.25) is 0 Å². The first-order valence-corrected chi connectivity index (χ1v) is 20.7. The molecular weight excluding hydrogens is 713 g/mol. The molecule has 0 aromatic heterocycles. The molecule has 10 aromatic rings. The minimum atomic E-state index is -0.554. The van der Waals surface area contributed by atoms with Crippen molar-refractivity contribution in [2.45, 2.75) is 10.8 Å². The lowest BCUT2D eigenvalue weighted by atomic mass is 9.65. The van der Waals surface area contributed by atoms with Gasteiger partial charge < -0.3 is 4.74 Å². The highest BCUT2D eigenvalue weighted by atomic mass is 16.5. The first-order chi connectivity index (χ1) is 29.3. The second-order valence-corrected chi connectivity index (χ2v) is 16.6. The SMILES string of the molecule is c1ccc2c(c1)-c1ccccc1C21c2cc(-c3ccc4c(c3)-c3ccccc3C43c4ccccc4-c4ccc5ccccc5c43)ccc2Oc2c1ccc1ccccc21. The Bertz CT molecular complexity index is 3450. The van der Waals surface area contributed by atoms with Crippen LogP contribution in [-0.2, 0) is 10.8 Å². The third kappa shape index (κ3) is 3.73. The van der Waals surface area contributed by atoms with Crippen LogP contribution in [0.3, 0.4) is 0 Å². The predicted molar refractivity (Wildman–Crippen MR) is 241 cm³/mol. The summed E-state index contributed by atoms with van der Waals surface area (Å²) in [5, 5.41) is 4.90. The van der Waals surface area contributed by atoms with Crippen molar-refractivity contribution in [2.75, 3.05) is 0 Å². The van der Waals surface area contributed by atoms with E-state index in [1.54, 1.807) is 0 Å². The molecule has 1 heterocycles. The maximum absolute atomic E-state index is 7.08. The maximum atomic E-state index is 7.08. The van der Waals surface area contributed by atoms with E-state index in [2.05, 4.69) is 206 Å². The number of ether oxygens (including phenoxy) is 1. The molecule has 59 heavy (non-hydrogen) atoms. The van der Waals surface area contributed by atoms with Crippen LogP contribution in [0.15, 0.2) is 206 Å². The summed E-state index contributed by atoms with van der Waals surface area (Å²) in [5.74, 6) is 1.85. The van der Waals surface area contributed by atoms with Gasteiger partial charge in [0.1, 0.15) is 11.5 Å². The van der Waals surface area contributed by atoms with Crippen molar-refractivity contribution in [2.24, 2.45) is 0 Å². The molecule has 1 aliphatic heterocycles. The van der Waals surface area contributed by atoms with Gasteiger partial charge >= 0.3 is 0 Å². The molecule has 0 fully saturated rings. The zero-order valence-electron chi connectivity index (χ0n) is 32.0. The number of hydrogen-bond donors (Lipinski definition) is 0. The van der Waals surface area contributed by atoms with E-state index in [9.17, 15) is 0 Å². The van der Waals surface area contributed by atoms with Crippen LogP contribution in [0, 0.1) is 0 Å². The van der Waals surface area contributed by atoms with Crippen LogP contribution in [0.5, 0.6) is 11.5 Å². The van der Waals surface area contributed by atoms with Crippen molar-refractivity contribution in [3.63, 3.8) is 0 Å². The Morgan fingerprint density at radius 3 is 1.46 bits per heavy atom. The van der Waals surface area contributed by atoms with Crippen molar-refractivity contribution >= 4 is 21.5 Å². The Morgan fingerprint density at radius 1 is 0.288 bits per heavy atom. The van der Waals surface area contributed by atoms with Crippen molar-refractivity contribution < 1.29 is 4.74 Å². The fourth-order valence-electron chi connectivity index (χ4n) is 11.9. The van der Waals surface area contributed by atoms with Gasteiger partial charge in [-0.3, -0.25) is 0 Å². The van der Waals surface area contributed by atoms with E-state index in [0.29, 0.717) is 0 Å². The topological polar surface area (TPSA) is 9.23 Å². The molecule has 1 heteroatoms. The van der Waals surface area contributed by atoms with Gasteiger partial charge in [0.15, 0.2) is 0 Å². The molecule has 4 aliphatic rings. The summed E-state index contributed by atoms with van der Waals surface area (Å²) in [6.07, 6.45) is 0. The average Bonchev–Trinajstić information content (AvgIpc) is 3.89. The Kier molecular flexibility index (Phi) is 5.96. The van der Waals surface area contributed by atoms with Crippen LogP contribution in [0.1, 0.15) is 44.5 Å². The van der Waals surface area contributed by atoms with Crippen LogP contribution in [0.25, 0.3) is 66.1 Å². The lowest BCUT2D eigenvalue weighted by molar-refractivity contribution is 0.442. The van der Waals surface area contributed by atoms with E-state index < -0.39 is 10.8 Å². The highest BCUT2D eigenvalue weighted by molar-refractivity contribution is 6.04. The van der Waals surface area contributed by atoms with E-state index in [-0.39, 0.29) is 0 Å². The average molecular weight is 747 g/mol. The van der Waals surface area contributed by atoms with E-state index in [0.717, 1.165) is 16.9 Å². The van der Waals surface area contributed by atoms with Crippen LogP contribution < -0.4 is 4.74 Å². The summed E-state index contributed by atoms with van der Waals surface area (Å²) in [6.45, 7) is 0. The largest absolute Gasteiger partial charge is 0.456 e. The summed E-state index contributed by atoms with van der Waals surface area (Å²) in [5.41, 5.74) is 19.7. The predicted octanol–water partition coefficient (Wildman–Crippen LogP) is 14.5. The fourth-order valence-corrected chi connectivity index (χ4v) is 11.9. The molecule has 1 unspecified atom stereocenters. The Balaban J connectivity index is 1.03. The van der Waals surface area contributed by atoms with Crippen molar-refractivity contribution in [1.82, 2.24) is 0 Å². The summed E-state index contributed by atoms with van der Waals surface area (Å²) in [6, 6.07) is 77.2. The molecule has 14 rings (SSSR count).